The molecule has 10 heteroatoms. The van der Waals surface area contributed by atoms with Crippen molar-refractivity contribution in [2.75, 3.05) is 0 Å². The number of aryl methyl sites for hydroxylation is 2. The monoisotopic (exact) mass is 496 g/mol. The maximum Gasteiger partial charge on any atom is 0.392 e. The molecule has 0 aromatic carbocycles. The first-order valence-electron chi connectivity index (χ1n) is 12.2. The minimum absolute atomic E-state index is 0.0839. The molecule has 2 amide bonds. The first-order valence-corrected chi connectivity index (χ1v) is 12.2. The number of hydrogen-bond donors (Lipinski definition) is 2. The predicted octanol–water partition coefficient (Wildman–Crippen LogP) is 4.88. The van der Waals surface area contributed by atoms with E-state index in [0.29, 0.717) is 18.4 Å². The number of halogens is 4. The van der Waals surface area contributed by atoms with Crippen molar-refractivity contribution in [3.8, 4) is 0 Å². The number of nitrogens with one attached hydrogen (secondary N) is 2. The third kappa shape index (κ3) is 5.62. The van der Waals surface area contributed by atoms with Gasteiger partial charge in [0.25, 0.3) is 5.56 Å². The summed E-state index contributed by atoms with van der Waals surface area (Å²) in [5, 5.41) is 6.27. The van der Waals surface area contributed by atoms with E-state index in [1.54, 1.807) is 17.8 Å². The second kappa shape index (κ2) is 9.78. The van der Waals surface area contributed by atoms with Crippen LogP contribution >= 0.6 is 0 Å². The third-order valence-electron chi connectivity index (χ3n) is 7.65. The van der Waals surface area contributed by atoms with E-state index in [2.05, 4.69) is 22.5 Å². The highest BCUT2D eigenvalue weighted by Crippen LogP contribution is 2.39. The summed E-state index contributed by atoms with van der Waals surface area (Å²) in [6.07, 6.45) is -3.29. The summed E-state index contributed by atoms with van der Waals surface area (Å²) in [6, 6.07) is 2.06. The summed E-state index contributed by atoms with van der Waals surface area (Å²) in [6.45, 7) is 3.95. The van der Waals surface area contributed by atoms with E-state index in [1.807, 2.05) is 19.1 Å². The molecule has 192 valence electrons. The molecule has 2 saturated carbocycles. The van der Waals surface area contributed by atoms with E-state index in [1.165, 1.54) is 0 Å². The van der Waals surface area contributed by atoms with E-state index in [0.717, 1.165) is 23.0 Å². The van der Waals surface area contributed by atoms with Crippen LogP contribution in [-0.2, 0) is 7.05 Å². The number of hydrogen-bond acceptors (Lipinski definition) is 3. The van der Waals surface area contributed by atoms with Crippen molar-refractivity contribution >= 4 is 16.9 Å². The Morgan fingerprint density at radius 2 is 1.80 bits per heavy atom. The van der Waals surface area contributed by atoms with Crippen LogP contribution in [0.25, 0.3) is 10.9 Å². The highest BCUT2D eigenvalue weighted by molar-refractivity contribution is 5.79. The number of amides is 2. The van der Waals surface area contributed by atoms with Crippen molar-refractivity contribution in [2.24, 2.45) is 18.9 Å². The second-order valence-corrected chi connectivity index (χ2v) is 10.3. The minimum Gasteiger partial charge on any atom is -0.335 e. The van der Waals surface area contributed by atoms with Gasteiger partial charge in [0, 0.05) is 42.0 Å². The number of nitrogens with zero attached hydrogens (tertiary/aromatic N) is 2. The zero-order valence-corrected chi connectivity index (χ0v) is 20.2. The van der Waals surface area contributed by atoms with E-state index in [-0.39, 0.29) is 36.3 Å². The smallest absolute Gasteiger partial charge is 0.335 e. The van der Waals surface area contributed by atoms with Crippen LogP contribution in [0.2, 0.25) is 0 Å². The lowest BCUT2D eigenvalue weighted by Crippen LogP contribution is -2.51. The van der Waals surface area contributed by atoms with Gasteiger partial charge in [-0.3, -0.25) is 9.78 Å². The first kappa shape index (κ1) is 25.4. The molecule has 0 radical (unpaired) electrons. The number of rotatable bonds is 3. The molecule has 2 aliphatic rings. The maximum absolute atomic E-state index is 13.9. The molecule has 2 heterocycles. The Kier molecular flexibility index (Phi) is 7.11. The van der Waals surface area contributed by atoms with Gasteiger partial charge in [-0.05, 0) is 69.4 Å². The zero-order valence-electron chi connectivity index (χ0n) is 20.2. The lowest BCUT2D eigenvalue weighted by molar-refractivity contribution is -0.188. The molecule has 0 saturated heterocycles. The fourth-order valence-electron chi connectivity index (χ4n) is 5.69. The van der Waals surface area contributed by atoms with E-state index < -0.39 is 36.8 Å². The van der Waals surface area contributed by atoms with Gasteiger partial charge in [0.1, 0.15) is 6.17 Å². The first-order chi connectivity index (χ1) is 16.4. The minimum atomic E-state index is -4.48. The number of aromatic nitrogens is 2. The molecule has 4 rings (SSSR count). The van der Waals surface area contributed by atoms with Crippen molar-refractivity contribution in [1.82, 2.24) is 20.2 Å². The number of urea groups is 1. The van der Waals surface area contributed by atoms with Crippen LogP contribution < -0.4 is 16.2 Å². The van der Waals surface area contributed by atoms with E-state index in [4.69, 9.17) is 0 Å². The predicted molar refractivity (Wildman–Crippen MR) is 125 cm³/mol. The molecule has 6 nitrogen and oxygen atoms in total. The summed E-state index contributed by atoms with van der Waals surface area (Å²) in [7, 11) is 1.74. The van der Waals surface area contributed by atoms with Gasteiger partial charge in [0.15, 0.2) is 0 Å². The quantitative estimate of drug-likeness (QED) is 0.595. The van der Waals surface area contributed by atoms with Crippen LogP contribution in [0.15, 0.2) is 23.1 Å². The lowest BCUT2D eigenvalue weighted by atomic mass is 9.74. The average molecular weight is 497 g/mol. The van der Waals surface area contributed by atoms with Gasteiger partial charge in [-0.2, -0.15) is 13.2 Å². The molecule has 2 fully saturated rings. The molecule has 2 aliphatic carbocycles. The highest BCUT2D eigenvalue weighted by atomic mass is 19.4. The molecule has 2 aromatic rings. The van der Waals surface area contributed by atoms with Crippen molar-refractivity contribution in [2.45, 2.75) is 82.7 Å². The molecule has 6 unspecified atom stereocenters. The van der Waals surface area contributed by atoms with E-state index in [9.17, 15) is 27.2 Å². The Morgan fingerprint density at radius 1 is 1.09 bits per heavy atom. The van der Waals surface area contributed by atoms with Crippen molar-refractivity contribution in [1.29, 1.82) is 0 Å². The fraction of sp³-hybridized carbons (Fsp3) is 0.640. The standard InChI is InChI=1S/C25H32F4N4O2/c1-13-4-5-18(31-24(35)32-19-9-16(25(27,28)29)8-17(26)10-19)11-20(13)21-7-15-12-30-14(2)6-22(15)33(3)23(21)34/h6-7,12-13,16-20H,4-5,8-11H2,1-3H3,(H2,31,32,35). The van der Waals surface area contributed by atoms with Gasteiger partial charge in [-0.15, -0.1) is 0 Å². The average Bonchev–Trinajstić information content (AvgIpc) is 2.77. The van der Waals surface area contributed by atoms with Crippen LogP contribution in [-0.4, -0.2) is 40.0 Å². The molecule has 6 atom stereocenters. The second-order valence-electron chi connectivity index (χ2n) is 10.3. The number of alkyl halides is 4. The number of pyridine rings is 2. The van der Waals surface area contributed by atoms with Crippen LogP contribution in [0.5, 0.6) is 0 Å². The highest BCUT2D eigenvalue weighted by Gasteiger charge is 2.45. The van der Waals surface area contributed by atoms with Crippen LogP contribution in [0, 0.1) is 18.8 Å². The van der Waals surface area contributed by atoms with Crippen LogP contribution in [0.3, 0.4) is 0 Å². The molecule has 2 aromatic heterocycles. The van der Waals surface area contributed by atoms with E-state index >= 15 is 0 Å². The summed E-state index contributed by atoms with van der Waals surface area (Å²) >= 11 is 0. The largest absolute Gasteiger partial charge is 0.392 e. The normalized spacial score (nSPS) is 29.7. The third-order valence-corrected chi connectivity index (χ3v) is 7.65. The Balaban J connectivity index is 1.45. The molecule has 2 N–H and O–H groups in total. The Hall–Kier alpha value is -2.65. The number of fused-ring (bicyclic) bond motifs is 1. The Labute approximate surface area is 201 Å². The van der Waals surface area contributed by atoms with Gasteiger partial charge < -0.3 is 15.2 Å². The van der Waals surface area contributed by atoms with Gasteiger partial charge in [0.05, 0.1) is 11.4 Å². The van der Waals surface area contributed by atoms with Crippen LogP contribution in [0.1, 0.15) is 62.6 Å². The molecule has 0 spiro atoms. The Morgan fingerprint density at radius 3 is 2.51 bits per heavy atom. The van der Waals surface area contributed by atoms with Gasteiger partial charge in [-0.1, -0.05) is 6.92 Å². The lowest BCUT2D eigenvalue weighted by Gasteiger charge is -2.36. The summed E-state index contributed by atoms with van der Waals surface area (Å²) < 4.78 is 54.8. The molecule has 35 heavy (non-hydrogen) atoms. The van der Waals surface area contributed by atoms with Crippen molar-refractivity contribution < 1.29 is 22.4 Å². The molecular weight excluding hydrogens is 464 g/mol. The summed E-state index contributed by atoms with van der Waals surface area (Å²) in [4.78, 5) is 30.1. The number of carbonyl (C=O) groups is 1. The summed E-state index contributed by atoms with van der Waals surface area (Å²) in [5.74, 6) is -1.62. The van der Waals surface area contributed by atoms with Crippen LogP contribution in [0.4, 0.5) is 22.4 Å². The molecule has 0 bridgehead atoms. The number of carbonyl (C=O) groups excluding carboxylic acids is 1. The Bertz CT molecular complexity index is 1150. The summed E-state index contributed by atoms with van der Waals surface area (Å²) in [5.41, 5.74) is 2.21. The molecular formula is C25H32F4N4O2. The topological polar surface area (TPSA) is 76.0 Å². The zero-order chi connectivity index (χ0) is 25.5. The fourth-order valence-corrected chi connectivity index (χ4v) is 5.69. The van der Waals surface area contributed by atoms with Gasteiger partial charge >= 0.3 is 12.2 Å². The van der Waals surface area contributed by atoms with Gasteiger partial charge in [-0.25, -0.2) is 9.18 Å². The van der Waals surface area contributed by atoms with Gasteiger partial charge in [0.2, 0.25) is 0 Å². The van der Waals surface area contributed by atoms with Crippen molar-refractivity contribution in [3.05, 3.63) is 39.9 Å². The maximum atomic E-state index is 13.9. The molecule has 0 aliphatic heterocycles. The van der Waals surface area contributed by atoms with Crippen molar-refractivity contribution in [3.63, 3.8) is 0 Å². The SMILES string of the molecule is Cc1cc2c(cn1)cc(C1CC(NC(=O)NC3CC(F)CC(C(F)(F)F)C3)CCC1C)c(=O)n2C.